The molecule has 0 aliphatic rings. The molecule has 0 saturated carbocycles. The smallest absolute Gasteiger partial charge is 0.462 e. The van der Waals surface area contributed by atoms with Crippen LogP contribution in [0.5, 0.6) is 0 Å². The molecular formula is C45H77O8P. The largest absolute Gasteiger partial charge is 0.469 e. The van der Waals surface area contributed by atoms with Gasteiger partial charge in [-0.15, -0.1) is 0 Å². The number of allylic oxidation sites excluding steroid dienone is 12. The van der Waals surface area contributed by atoms with Crippen molar-refractivity contribution in [2.45, 2.75) is 187 Å². The van der Waals surface area contributed by atoms with Crippen LogP contribution in [0.25, 0.3) is 0 Å². The SMILES string of the molecule is CCCCCCCC/C=C/C/C=C/CCCCC(=O)O[C@H](COC(=O)CCC/C=C/C/C=C/C/C=C/C/C=C/CCCCCCCCC)COP(=O)(O)O. The van der Waals surface area contributed by atoms with Gasteiger partial charge in [0.2, 0.25) is 0 Å². The van der Waals surface area contributed by atoms with E-state index in [1.165, 1.54) is 89.9 Å². The number of hydrogen-bond acceptors (Lipinski definition) is 6. The fourth-order valence-electron chi connectivity index (χ4n) is 5.51. The minimum absolute atomic E-state index is 0.154. The summed E-state index contributed by atoms with van der Waals surface area (Å²) in [5.41, 5.74) is 0. The third-order valence-corrected chi connectivity index (χ3v) is 9.18. The van der Waals surface area contributed by atoms with E-state index in [0.29, 0.717) is 12.8 Å². The summed E-state index contributed by atoms with van der Waals surface area (Å²) in [5, 5.41) is 0. The number of unbranched alkanes of at least 4 members (excludes halogenated alkanes) is 16. The molecule has 0 bridgehead atoms. The molecule has 0 radical (unpaired) electrons. The molecule has 8 nitrogen and oxygen atoms in total. The normalized spacial score (nSPS) is 13.2. The van der Waals surface area contributed by atoms with Crippen LogP contribution in [0.3, 0.4) is 0 Å². The van der Waals surface area contributed by atoms with E-state index in [1.54, 1.807) is 0 Å². The molecule has 0 aliphatic heterocycles. The molecule has 0 fully saturated rings. The van der Waals surface area contributed by atoms with Gasteiger partial charge in [-0.05, 0) is 83.5 Å². The second-order valence-electron chi connectivity index (χ2n) is 14.0. The molecule has 9 heteroatoms. The lowest BCUT2D eigenvalue weighted by Gasteiger charge is -2.18. The molecule has 1 atom stereocenters. The van der Waals surface area contributed by atoms with Gasteiger partial charge in [0.1, 0.15) is 6.61 Å². The molecule has 310 valence electrons. The van der Waals surface area contributed by atoms with Crippen molar-refractivity contribution >= 4 is 19.8 Å². The van der Waals surface area contributed by atoms with Crippen LogP contribution in [-0.2, 0) is 28.2 Å². The minimum Gasteiger partial charge on any atom is -0.462 e. The van der Waals surface area contributed by atoms with Crippen molar-refractivity contribution in [3.63, 3.8) is 0 Å². The Hall–Kier alpha value is -2.51. The molecule has 2 N–H and O–H groups in total. The first-order chi connectivity index (χ1) is 26.3. The van der Waals surface area contributed by atoms with Gasteiger partial charge < -0.3 is 19.3 Å². The number of phosphoric ester groups is 1. The van der Waals surface area contributed by atoms with Gasteiger partial charge in [-0.1, -0.05) is 157 Å². The van der Waals surface area contributed by atoms with Crippen molar-refractivity contribution in [2.75, 3.05) is 13.2 Å². The molecule has 0 spiro atoms. The van der Waals surface area contributed by atoms with Crippen LogP contribution < -0.4 is 0 Å². The van der Waals surface area contributed by atoms with Crippen molar-refractivity contribution in [2.24, 2.45) is 0 Å². The molecule has 0 aromatic heterocycles. The molecule has 0 heterocycles. The Morgan fingerprint density at radius 1 is 0.481 bits per heavy atom. The summed E-state index contributed by atoms with van der Waals surface area (Å²) in [7, 11) is -4.78. The number of ether oxygens (including phenoxy) is 2. The number of rotatable bonds is 38. The van der Waals surface area contributed by atoms with Gasteiger partial charge in [-0.3, -0.25) is 14.1 Å². The maximum Gasteiger partial charge on any atom is 0.469 e. The summed E-state index contributed by atoms with van der Waals surface area (Å²) < 4.78 is 26.3. The Kier molecular flexibility index (Phi) is 38.3. The molecule has 0 saturated heterocycles. The highest BCUT2D eigenvalue weighted by molar-refractivity contribution is 7.46. The van der Waals surface area contributed by atoms with Crippen molar-refractivity contribution in [1.29, 1.82) is 0 Å². The third-order valence-electron chi connectivity index (χ3n) is 8.70. The van der Waals surface area contributed by atoms with Gasteiger partial charge in [0.05, 0.1) is 6.61 Å². The van der Waals surface area contributed by atoms with E-state index in [1.807, 2.05) is 6.08 Å². The second kappa shape index (κ2) is 40.2. The first-order valence-electron chi connectivity index (χ1n) is 21.2. The Labute approximate surface area is 329 Å². The molecule has 0 aromatic carbocycles. The predicted molar refractivity (Wildman–Crippen MR) is 225 cm³/mol. The van der Waals surface area contributed by atoms with Gasteiger partial charge in [0.15, 0.2) is 6.10 Å². The Balaban J connectivity index is 4.07. The Morgan fingerprint density at radius 3 is 1.30 bits per heavy atom. The average molecular weight is 777 g/mol. The van der Waals surface area contributed by atoms with Gasteiger partial charge in [-0.25, -0.2) is 4.57 Å². The molecule has 54 heavy (non-hydrogen) atoms. The topological polar surface area (TPSA) is 119 Å². The van der Waals surface area contributed by atoms with Crippen LogP contribution in [0.15, 0.2) is 72.9 Å². The zero-order chi connectivity index (χ0) is 39.6. The lowest BCUT2D eigenvalue weighted by molar-refractivity contribution is -0.161. The number of carbonyl (C=O) groups is 2. The van der Waals surface area contributed by atoms with Crippen LogP contribution >= 0.6 is 7.82 Å². The van der Waals surface area contributed by atoms with E-state index in [2.05, 4.69) is 85.2 Å². The monoisotopic (exact) mass is 777 g/mol. The summed E-state index contributed by atoms with van der Waals surface area (Å²) in [6.07, 6.45) is 52.1. The summed E-state index contributed by atoms with van der Waals surface area (Å²) in [6, 6.07) is 0. The summed E-state index contributed by atoms with van der Waals surface area (Å²) in [4.78, 5) is 42.8. The van der Waals surface area contributed by atoms with Crippen LogP contribution in [0.2, 0.25) is 0 Å². The van der Waals surface area contributed by atoms with E-state index < -0.39 is 32.5 Å². The molecule has 0 aliphatic carbocycles. The third kappa shape index (κ3) is 42.2. The van der Waals surface area contributed by atoms with Crippen LogP contribution in [0.4, 0.5) is 0 Å². The summed E-state index contributed by atoms with van der Waals surface area (Å²) in [6.45, 7) is 3.59. The fourth-order valence-corrected chi connectivity index (χ4v) is 5.87. The highest BCUT2D eigenvalue weighted by atomic mass is 31.2. The lowest BCUT2D eigenvalue weighted by Crippen LogP contribution is -2.29. The zero-order valence-electron chi connectivity index (χ0n) is 34.1. The van der Waals surface area contributed by atoms with Gasteiger partial charge in [0, 0.05) is 12.8 Å². The maximum absolute atomic E-state index is 12.4. The predicted octanol–water partition coefficient (Wildman–Crippen LogP) is 13.1. The molecular weight excluding hydrogens is 699 g/mol. The second-order valence-corrected chi connectivity index (χ2v) is 15.2. The number of carbonyl (C=O) groups excluding carboxylic acids is 2. The van der Waals surface area contributed by atoms with Gasteiger partial charge in [0.25, 0.3) is 0 Å². The zero-order valence-corrected chi connectivity index (χ0v) is 35.0. The van der Waals surface area contributed by atoms with E-state index in [9.17, 15) is 14.2 Å². The minimum atomic E-state index is -4.78. The Morgan fingerprint density at radius 2 is 0.852 bits per heavy atom. The first kappa shape index (κ1) is 51.5. The van der Waals surface area contributed by atoms with E-state index in [0.717, 1.165) is 51.4 Å². The first-order valence-corrected chi connectivity index (χ1v) is 22.8. The van der Waals surface area contributed by atoms with Crippen molar-refractivity contribution in [1.82, 2.24) is 0 Å². The number of esters is 2. The lowest BCUT2D eigenvalue weighted by atomic mass is 10.1. The van der Waals surface area contributed by atoms with Crippen molar-refractivity contribution in [3.8, 4) is 0 Å². The highest BCUT2D eigenvalue weighted by Crippen LogP contribution is 2.36. The fraction of sp³-hybridized carbons (Fsp3) is 0.689. The maximum atomic E-state index is 12.4. The summed E-state index contributed by atoms with van der Waals surface area (Å²) >= 11 is 0. The van der Waals surface area contributed by atoms with E-state index in [-0.39, 0.29) is 19.4 Å². The van der Waals surface area contributed by atoms with Gasteiger partial charge in [-0.2, -0.15) is 0 Å². The molecule has 0 rings (SSSR count). The quantitative estimate of drug-likeness (QED) is 0.0275. The van der Waals surface area contributed by atoms with Gasteiger partial charge >= 0.3 is 19.8 Å². The molecule has 0 amide bonds. The standard InChI is InChI=1S/C45H77O8P/c1-3-5-7-9-11-13-15-17-19-20-21-22-23-24-26-27-29-31-33-35-37-39-44(46)51-41-43(42-52-54(48,49)50)53-45(47)40-38-36-34-32-30-28-25-18-16-14-12-10-8-6-4-2/h18-20,22-23,25-27,30-33,43H,3-17,21,24,28-29,34-42H2,1-2H3,(H2,48,49,50)/b20-19+,23-22+,25-18+,27-26+,32-30+,33-31+/t43-/m1/s1. The van der Waals surface area contributed by atoms with Crippen LogP contribution in [0, 0.1) is 0 Å². The van der Waals surface area contributed by atoms with Crippen molar-refractivity contribution < 1.29 is 37.9 Å². The number of hydrogen-bond donors (Lipinski definition) is 2. The molecule has 0 unspecified atom stereocenters. The Bertz CT molecular complexity index is 1100. The van der Waals surface area contributed by atoms with Crippen LogP contribution in [-0.4, -0.2) is 41.0 Å². The van der Waals surface area contributed by atoms with Crippen LogP contribution in [0.1, 0.15) is 181 Å². The molecule has 0 aromatic rings. The summed E-state index contributed by atoms with van der Waals surface area (Å²) in [5.74, 6) is -0.993. The number of phosphoric acid groups is 1. The highest BCUT2D eigenvalue weighted by Gasteiger charge is 2.22. The van der Waals surface area contributed by atoms with Crippen molar-refractivity contribution in [3.05, 3.63) is 72.9 Å². The van der Waals surface area contributed by atoms with E-state index in [4.69, 9.17) is 19.3 Å². The van der Waals surface area contributed by atoms with E-state index >= 15 is 0 Å². The average Bonchev–Trinajstić information content (AvgIpc) is 3.14.